The molecule has 1 aliphatic heterocycles. The van der Waals surface area contributed by atoms with Gasteiger partial charge in [0.2, 0.25) is 0 Å². The molecule has 0 spiro atoms. The van der Waals surface area contributed by atoms with Crippen LogP contribution in [0, 0.1) is 0 Å². The Morgan fingerprint density at radius 2 is 1.80 bits per heavy atom. The summed E-state index contributed by atoms with van der Waals surface area (Å²) < 4.78 is 42.9. The summed E-state index contributed by atoms with van der Waals surface area (Å²) in [6, 6.07) is 11.1. The molecule has 5 rings (SSSR count). The topological polar surface area (TPSA) is 77.8 Å². The SMILES string of the molecule is CCCc1ccc(C(=O)Nc2cc(CN3CCN(C)CC3)cc(C(F)(F)F)c2)cc1CNc1cnc2ccnn2c1. The summed E-state index contributed by atoms with van der Waals surface area (Å²) in [6.07, 6.45) is 2.48. The molecule has 1 fully saturated rings. The van der Waals surface area contributed by atoms with Crippen LogP contribution in [0.3, 0.4) is 0 Å². The van der Waals surface area contributed by atoms with Gasteiger partial charge in [0.15, 0.2) is 5.65 Å². The molecule has 41 heavy (non-hydrogen) atoms. The average Bonchev–Trinajstić information content (AvgIpc) is 3.41. The van der Waals surface area contributed by atoms with E-state index in [0.29, 0.717) is 24.2 Å². The van der Waals surface area contributed by atoms with Crippen molar-refractivity contribution in [1.29, 1.82) is 0 Å². The zero-order valence-electron chi connectivity index (χ0n) is 23.2. The highest BCUT2D eigenvalue weighted by molar-refractivity contribution is 6.04. The molecule has 2 aromatic carbocycles. The van der Waals surface area contributed by atoms with Gasteiger partial charge >= 0.3 is 6.18 Å². The lowest BCUT2D eigenvalue weighted by Gasteiger charge is -2.32. The van der Waals surface area contributed by atoms with Crippen LogP contribution in [-0.2, 0) is 25.7 Å². The predicted octanol–water partition coefficient (Wildman–Crippen LogP) is 5.31. The highest BCUT2D eigenvalue weighted by Crippen LogP contribution is 2.32. The summed E-state index contributed by atoms with van der Waals surface area (Å²) in [4.78, 5) is 22.0. The average molecular weight is 566 g/mol. The zero-order valence-corrected chi connectivity index (χ0v) is 23.2. The van der Waals surface area contributed by atoms with Crippen molar-refractivity contribution in [1.82, 2.24) is 24.4 Å². The van der Waals surface area contributed by atoms with Crippen LogP contribution in [0.2, 0.25) is 0 Å². The van der Waals surface area contributed by atoms with E-state index in [9.17, 15) is 18.0 Å². The highest BCUT2D eigenvalue weighted by Gasteiger charge is 2.31. The second-order valence-electron chi connectivity index (χ2n) is 10.5. The lowest BCUT2D eigenvalue weighted by Crippen LogP contribution is -2.43. The maximum Gasteiger partial charge on any atom is 0.416 e. The van der Waals surface area contributed by atoms with Gasteiger partial charge in [-0.1, -0.05) is 19.4 Å². The first kappa shape index (κ1) is 28.6. The first-order chi connectivity index (χ1) is 19.7. The summed E-state index contributed by atoms with van der Waals surface area (Å²) >= 11 is 0. The molecule has 11 heteroatoms. The van der Waals surface area contributed by atoms with Gasteiger partial charge in [-0.15, -0.1) is 0 Å². The van der Waals surface area contributed by atoms with Crippen molar-refractivity contribution in [3.63, 3.8) is 0 Å². The number of carbonyl (C=O) groups is 1. The maximum absolute atomic E-state index is 13.8. The van der Waals surface area contributed by atoms with Gasteiger partial charge in [0.25, 0.3) is 5.91 Å². The molecule has 216 valence electrons. The van der Waals surface area contributed by atoms with Crippen molar-refractivity contribution in [2.75, 3.05) is 43.9 Å². The minimum Gasteiger partial charge on any atom is -0.378 e. The van der Waals surface area contributed by atoms with E-state index in [1.54, 1.807) is 35.1 Å². The molecule has 1 saturated heterocycles. The fraction of sp³-hybridized carbons (Fsp3) is 0.367. The summed E-state index contributed by atoms with van der Waals surface area (Å²) in [5, 5.41) is 10.3. The molecule has 0 atom stereocenters. The Bertz CT molecular complexity index is 1510. The number of alkyl halides is 3. The first-order valence-corrected chi connectivity index (χ1v) is 13.8. The number of aromatic nitrogens is 3. The van der Waals surface area contributed by atoms with Gasteiger partial charge in [0.05, 0.1) is 29.8 Å². The van der Waals surface area contributed by atoms with Gasteiger partial charge in [-0.2, -0.15) is 18.3 Å². The maximum atomic E-state index is 13.8. The number of amides is 1. The minimum atomic E-state index is -4.52. The third-order valence-electron chi connectivity index (χ3n) is 7.30. The molecule has 3 heterocycles. The minimum absolute atomic E-state index is 0.130. The lowest BCUT2D eigenvalue weighted by molar-refractivity contribution is -0.137. The van der Waals surface area contributed by atoms with Crippen LogP contribution in [0.25, 0.3) is 5.65 Å². The highest BCUT2D eigenvalue weighted by atomic mass is 19.4. The van der Waals surface area contributed by atoms with Crippen LogP contribution in [-0.4, -0.2) is 63.5 Å². The first-order valence-electron chi connectivity index (χ1n) is 13.8. The molecule has 1 amide bonds. The third-order valence-corrected chi connectivity index (χ3v) is 7.30. The van der Waals surface area contributed by atoms with E-state index in [0.717, 1.165) is 67.5 Å². The van der Waals surface area contributed by atoms with Crippen LogP contribution in [0.15, 0.2) is 61.1 Å². The molecular formula is C30H34F3N7O. The van der Waals surface area contributed by atoms with Crippen molar-refractivity contribution in [2.24, 2.45) is 0 Å². The Hall–Kier alpha value is -3.96. The van der Waals surface area contributed by atoms with E-state index in [4.69, 9.17) is 0 Å². The summed E-state index contributed by atoms with van der Waals surface area (Å²) in [5.41, 5.74) is 3.79. The molecule has 0 saturated carbocycles. The molecule has 8 nitrogen and oxygen atoms in total. The van der Waals surface area contributed by atoms with Crippen molar-refractivity contribution in [2.45, 2.75) is 39.0 Å². The van der Waals surface area contributed by atoms with E-state index in [1.165, 1.54) is 6.07 Å². The number of carbonyl (C=O) groups excluding carboxylic acids is 1. The molecule has 0 radical (unpaired) electrons. The number of rotatable bonds is 9. The number of benzene rings is 2. The standard InChI is InChI=1S/C30H34F3N7O/c1-3-4-22-5-6-23(15-24(22)17-34-27-18-35-28-7-8-36-40(28)20-27)29(41)37-26-14-21(13-25(16-26)30(31,32)33)19-39-11-9-38(2)10-12-39/h5-8,13-16,18,20,34H,3-4,9-12,17,19H2,1-2H3,(H,37,41). The molecule has 0 aliphatic carbocycles. The number of hydrogen-bond donors (Lipinski definition) is 2. The summed E-state index contributed by atoms with van der Waals surface area (Å²) in [7, 11) is 2.03. The third kappa shape index (κ3) is 7.22. The number of nitrogens with one attached hydrogen (secondary N) is 2. The van der Waals surface area contributed by atoms with Gasteiger partial charge in [-0.25, -0.2) is 9.50 Å². The Morgan fingerprint density at radius 3 is 2.56 bits per heavy atom. The molecule has 0 unspecified atom stereocenters. The Kier molecular flexibility index (Phi) is 8.55. The van der Waals surface area contributed by atoms with Crippen LogP contribution >= 0.6 is 0 Å². The lowest BCUT2D eigenvalue weighted by atomic mass is 9.99. The second-order valence-corrected chi connectivity index (χ2v) is 10.5. The normalized spacial score (nSPS) is 14.9. The molecular weight excluding hydrogens is 531 g/mol. The van der Waals surface area contributed by atoms with Gasteiger partial charge in [-0.3, -0.25) is 9.69 Å². The number of halogens is 3. The van der Waals surface area contributed by atoms with Gasteiger partial charge in [0.1, 0.15) is 0 Å². The van der Waals surface area contributed by atoms with Crippen molar-refractivity contribution >= 4 is 22.9 Å². The monoisotopic (exact) mass is 565 g/mol. The van der Waals surface area contributed by atoms with E-state index in [1.807, 2.05) is 25.4 Å². The number of piperazine rings is 1. The fourth-order valence-corrected chi connectivity index (χ4v) is 5.03. The van der Waals surface area contributed by atoms with E-state index in [-0.39, 0.29) is 5.69 Å². The van der Waals surface area contributed by atoms with Gasteiger partial charge < -0.3 is 15.5 Å². The second kappa shape index (κ2) is 12.3. The number of aryl methyl sites for hydroxylation is 1. The van der Waals surface area contributed by atoms with Crippen LogP contribution in [0.5, 0.6) is 0 Å². The van der Waals surface area contributed by atoms with Crippen molar-refractivity contribution in [3.8, 4) is 0 Å². The van der Waals surface area contributed by atoms with Gasteiger partial charge in [-0.05, 0) is 60.5 Å². The number of fused-ring (bicyclic) bond motifs is 1. The summed E-state index contributed by atoms with van der Waals surface area (Å²) in [6.45, 7) is 6.21. The number of hydrogen-bond acceptors (Lipinski definition) is 6. The largest absolute Gasteiger partial charge is 0.416 e. The van der Waals surface area contributed by atoms with Gasteiger partial charge in [0, 0.05) is 56.6 Å². The van der Waals surface area contributed by atoms with Crippen LogP contribution in [0.4, 0.5) is 24.5 Å². The fourth-order valence-electron chi connectivity index (χ4n) is 5.03. The van der Waals surface area contributed by atoms with E-state index < -0.39 is 17.6 Å². The quantitative estimate of drug-likeness (QED) is 0.286. The molecule has 2 aromatic heterocycles. The van der Waals surface area contributed by atoms with Crippen molar-refractivity contribution in [3.05, 3.63) is 88.9 Å². The summed E-state index contributed by atoms with van der Waals surface area (Å²) in [5.74, 6) is -0.459. The molecule has 2 N–H and O–H groups in total. The smallest absolute Gasteiger partial charge is 0.378 e. The molecule has 4 aromatic rings. The predicted molar refractivity (Wildman–Crippen MR) is 153 cm³/mol. The number of nitrogens with zero attached hydrogens (tertiary/aromatic N) is 5. The Labute approximate surface area is 237 Å². The Morgan fingerprint density at radius 1 is 1.00 bits per heavy atom. The van der Waals surface area contributed by atoms with E-state index in [2.05, 4.69) is 37.4 Å². The van der Waals surface area contributed by atoms with Crippen molar-refractivity contribution < 1.29 is 18.0 Å². The molecule has 1 aliphatic rings. The van der Waals surface area contributed by atoms with Crippen LogP contribution < -0.4 is 10.6 Å². The number of anilines is 2. The zero-order chi connectivity index (χ0) is 29.0. The van der Waals surface area contributed by atoms with Crippen LogP contribution in [0.1, 0.15) is 46.0 Å². The Balaban J connectivity index is 1.34. The number of likely N-dealkylation sites (N-methyl/N-ethyl adjacent to an activating group) is 1. The van der Waals surface area contributed by atoms with E-state index >= 15 is 0 Å². The molecule has 0 bridgehead atoms.